The third kappa shape index (κ3) is 3.05. The second kappa shape index (κ2) is 5.29. The van der Waals surface area contributed by atoms with E-state index >= 15 is 0 Å². The molecular weight excluding hydrogens is 236 g/mol. The number of aryl methyl sites for hydroxylation is 1. The topological polar surface area (TPSA) is 42.7 Å². The largest absolute Gasteiger partial charge is 0.313 e. The molecule has 17 heavy (non-hydrogen) atoms. The van der Waals surface area contributed by atoms with E-state index < -0.39 is 0 Å². The molecule has 2 rings (SSSR count). The van der Waals surface area contributed by atoms with E-state index in [1.807, 2.05) is 32.2 Å². The fourth-order valence-corrected chi connectivity index (χ4v) is 1.90. The summed E-state index contributed by atoms with van der Waals surface area (Å²) in [6.07, 6.45) is 1.73. The van der Waals surface area contributed by atoms with Crippen molar-refractivity contribution in [2.24, 2.45) is 0 Å². The first-order valence-corrected chi connectivity index (χ1v) is 5.85. The van der Waals surface area contributed by atoms with Gasteiger partial charge in [-0.25, -0.2) is 9.67 Å². The van der Waals surface area contributed by atoms with Crippen molar-refractivity contribution in [1.82, 2.24) is 20.1 Å². The van der Waals surface area contributed by atoms with Gasteiger partial charge in [0.25, 0.3) is 0 Å². The van der Waals surface area contributed by atoms with Gasteiger partial charge in [-0.2, -0.15) is 5.10 Å². The quantitative estimate of drug-likeness (QED) is 0.903. The minimum Gasteiger partial charge on any atom is -0.313 e. The molecule has 2 aromatic rings. The van der Waals surface area contributed by atoms with Gasteiger partial charge in [0, 0.05) is 5.02 Å². The predicted octanol–water partition coefficient (Wildman–Crippen LogP) is 2.01. The number of aromatic nitrogens is 3. The number of nitrogens with one attached hydrogen (secondary N) is 1. The summed E-state index contributed by atoms with van der Waals surface area (Å²) in [5.41, 5.74) is 2.21. The van der Waals surface area contributed by atoms with E-state index in [2.05, 4.69) is 15.4 Å². The van der Waals surface area contributed by atoms with Gasteiger partial charge >= 0.3 is 0 Å². The van der Waals surface area contributed by atoms with Crippen LogP contribution in [0.4, 0.5) is 0 Å². The highest BCUT2D eigenvalue weighted by molar-refractivity contribution is 6.31. The van der Waals surface area contributed by atoms with Crippen LogP contribution in [0, 0.1) is 6.92 Å². The van der Waals surface area contributed by atoms with Gasteiger partial charge in [0.05, 0.1) is 13.1 Å². The summed E-state index contributed by atoms with van der Waals surface area (Å²) in [5.74, 6) is 0.788. The van der Waals surface area contributed by atoms with E-state index in [1.54, 1.807) is 11.0 Å². The van der Waals surface area contributed by atoms with E-state index in [0.29, 0.717) is 13.1 Å². The lowest BCUT2D eigenvalue weighted by Crippen LogP contribution is -2.08. The maximum absolute atomic E-state index is 6.17. The molecule has 0 atom stereocenters. The molecule has 0 spiro atoms. The molecule has 1 heterocycles. The van der Waals surface area contributed by atoms with Crippen LogP contribution in [-0.2, 0) is 13.1 Å². The van der Waals surface area contributed by atoms with Gasteiger partial charge in [-0.15, -0.1) is 0 Å². The van der Waals surface area contributed by atoms with Gasteiger partial charge in [-0.1, -0.05) is 23.7 Å². The Hall–Kier alpha value is -1.39. The maximum Gasteiger partial charge on any atom is 0.164 e. The highest BCUT2D eigenvalue weighted by atomic mass is 35.5. The molecule has 4 nitrogen and oxygen atoms in total. The van der Waals surface area contributed by atoms with Crippen LogP contribution in [0.1, 0.15) is 17.0 Å². The number of benzene rings is 1. The maximum atomic E-state index is 6.17. The first kappa shape index (κ1) is 12.1. The molecule has 1 aromatic carbocycles. The van der Waals surface area contributed by atoms with Crippen molar-refractivity contribution in [3.05, 3.63) is 46.5 Å². The van der Waals surface area contributed by atoms with Crippen LogP contribution in [0.15, 0.2) is 24.5 Å². The SMILES string of the molecule is CNCc1ncn(Cc2ccc(C)cc2Cl)n1. The molecule has 0 saturated carbocycles. The lowest BCUT2D eigenvalue weighted by molar-refractivity contribution is 0.658. The fraction of sp³-hybridized carbons (Fsp3) is 0.333. The molecule has 0 aliphatic rings. The summed E-state index contributed by atoms with van der Waals surface area (Å²) < 4.78 is 1.79. The minimum atomic E-state index is 0.649. The second-order valence-corrected chi connectivity index (χ2v) is 4.39. The number of halogens is 1. The van der Waals surface area contributed by atoms with Crippen molar-refractivity contribution in [2.75, 3.05) is 7.05 Å². The van der Waals surface area contributed by atoms with Gasteiger partial charge in [-0.05, 0) is 31.2 Å². The van der Waals surface area contributed by atoms with E-state index in [9.17, 15) is 0 Å². The van der Waals surface area contributed by atoms with Crippen LogP contribution in [0.3, 0.4) is 0 Å². The van der Waals surface area contributed by atoms with Crippen molar-refractivity contribution < 1.29 is 0 Å². The van der Waals surface area contributed by atoms with Crippen LogP contribution in [0.25, 0.3) is 0 Å². The molecule has 0 saturated heterocycles. The number of nitrogens with zero attached hydrogens (tertiary/aromatic N) is 3. The smallest absolute Gasteiger partial charge is 0.164 e. The van der Waals surface area contributed by atoms with Crippen molar-refractivity contribution >= 4 is 11.6 Å². The van der Waals surface area contributed by atoms with Crippen molar-refractivity contribution in [2.45, 2.75) is 20.0 Å². The van der Waals surface area contributed by atoms with Crippen LogP contribution < -0.4 is 5.32 Å². The first-order valence-electron chi connectivity index (χ1n) is 5.47. The van der Waals surface area contributed by atoms with Crippen LogP contribution in [-0.4, -0.2) is 21.8 Å². The summed E-state index contributed by atoms with van der Waals surface area (Å²) >= 11 is 6.17. The zero-order valence-corrected chi connectivity index (χ0v) is 10.7. The molecule has 0 aliphatic heterocycles. The van der Waals surface area contributed by atoms with Crippen molar-refractivity contribution in [3.63, 3.8) is 0 Å². The van der Waals surface area contributed by atoms with Crippen molar-refractivity contribution in [3.8, 4) is 0 Å². The molecule has 1 N–H and O–H groups in total. The molecule has 0 aliphatic carbocycles. The van der Waals surface area contributed by atoms with Crippen LogP contribution >= 0.6 is 11.6 Å². The monoisotopic (exact) mass is 250 g/mol. The summed E-state index contributed by atoms with van der Waals surface area (Å²) in [6, 6.07) is 6.03. The van der Waals surface area contributed by atoms with E-state index in [0.717, 1.165) is 22.0 Å². The van der Waals surface area contributed by atoms with Crippen molar-refractivity contribution in [1.29, 1.82) is 0 Å². The van der Waals surface area contributed by atoms with Crippen LogP contribution in [0.5, 0.6) is 0 Å². The Morgan fingerprint density at radius 1 is 1.41 bits per heavy atom. The molecule has 0 bridgehead atoms. The Labute approximate surface area is 106 Å². The molecule has 0 radical (unpaired) electrons. The molecular formula is C12H15ClN4. The highest BCUT2D eigenvalue weighted by Crippen LogP contribution is 2.18. The Bertz CT molecular complexity index is 507. The van der Waals surface area contributed by atoms with Gasteiger partial charge in [0.15, 0.2) is 5.82 Å². The standard InChI is InChI=1S/C12H15ClN4/c1-9-3-4-10(11(13)5-9)7-17-8-15-12(16-17)6-14-2/h3-5,8,14H,6-7H2,1-2H3. The van der Waals surface area contributed by atoms with Gasteiger partial charge in [0.2, 0.25) is 0 Å². The Morgan fingerprint density at radius 3 is 2.94 bits per heavy atom. The lowest BCUT2D eigenvalue weighted by Gasteiger charge is -2.04. The van der Waals surface area contributed by atoms with Gasteiger partial charge < -0.3 is 5.32 Å². The summed E-state index contributed by atoms with van der Waals surface area (Å²) in [4.78, 5) is 4.20. The Balaban J connectivity index is 2.13. The molecule has 0 unspecified atom stereocenters. The molecule has 0 amide bonds. The number of hydrogen-bond acceptors (Lipinski definition) is 3. The number of rotatable bonds is 4. The summed E-state index contributed by atoms with van der Waals surface area (Å²) in [6.45, 7) is 3.35. The Morgan fingerprint density at radius 2 is 2.24 bits per heavy atom. The molecule has 1 aromatic heterocycles. The zero-order valence-electron chi connectivity index (χ0n) is 9.94. The number of hydrogen-bond donors (Lipinski definition) is 1. The first-order chi connectivity index (χ1) is 8.19. The summed E-state index contributed by atoms with van der Waals surface area (Å²) in [7, 11) is 1.87. The average Bonchev–Trinajstić information content (AvgIpc) is 2.71. The van der Waals surface area contributed by atoms with E-state index in [1.165, 1.54) is 0 Å². The third-order valence-corrected chi connectivity index (χ3v) is 2.81. The molecule has 5 heteroatoms. The lowest BCUT2D eigenvalue weighted by atomic mass is 10.1. The predicted molar refractivity (Wildman–Crippen MR) is 68.1 cm³/mol. The normalized spacial score (nSPS) is 10.8. The summed E-state index contributed by atoms with van der Waals surface area (Å²) in [5, 5.41) is 8.13. The molecule has 90 valence electrons. The second-order valence-electron chi connectivity index (χ2n) is 3.98. The van der Waals surface area contributed by atoms with Gasteiger partial charge in [0.1, 0.15) is 6.33 Å². The molecule has 0 fully saturated rings. The third-order valence-electron chi connectivity index (χ3n) is 2.46. The highest BCUT2D eigenvalue weighted by Gasteiger charge is 2.04. The van der Waals surface area contributed by atoms with E-state index in [-0.39, 0.29) is 0 Å². The van der Waals surface area contributed by atoms with E-state index in [4.69, 9.17) is 11.6 Å². The zero-order chi connectivity index (χ0) is 12.3. The van der Waals surface area contributed by atoms with Gasteiger partial charge in [-0.3, -0.25) is 0 Å². The van der Waals surface area contributed by atoms with Crippen LogP contribution in [0.2, 0.25) is 5.02 Å². The fourth-order valence-electron chi connectivity index (χ4n) is 1.60. The Kier molecular flexibility index (Phi) is 3.76. The minimum absolute atomic E-state index is 0.649. The average molecular weight is 251 g/mol.